The van der Waals surface area contributed by atoms with E-state index in [4.69, 9.17) is 0 Å². The fraction of sp³-hybridized carbons (Fsp3) is 0.250. The van der Waals surface area contributed by atoms with Crippen LogP contribution in [0.1, 0.15) is 11.3 Å². The SMILES string of the molecule is CSc1ccc(NS(=O)(=O)c2n[nH]c(C)c2CO)cc1. The van der Waals surface area contributed by atoms with E-state index in [0.29, 0.717) is 11.4 Å². The monoisotopic (exact) mass is 313 g/mol. The number of aliphatic hydroxyl groups excluding tert-OH is 1. The van der Waals surface area contributed by atoms with Crippen LogP contribution < -0.4 is 4.72 Å². The maximum absolute atomic E-state index is 12.2. The minimum Gasteiger partial charge on any atom is -0.392 e. The maximum Gasteiger partial charge on any atom is 0.281 e. The van der Waals surface area contributed by atoms with Crippen LogP contribution in [0, 0.1) is 6.92 Å². The van der Waals surface area contributed by atoms with Gasteiger partial charge in [-0.2, -0.15) is 13.5 Å². The van der Waals surface area contributed by atoms with Crippen LogP contribution in [0.15, 0.2) is 34.2 Å². The average Bonchev–Trinajstić information content (AvgIpc) is 2.81. The Hall–Kier alpha value is -1.51. The molecule has 0 saturated carbocycles. The Labute approximate surface area is 121 Å². The molecule has 0 aliphatic carbocycles. The quantitative estimate of drug-likeness (QED) is 0.731. The third-order valence-corrected chi connectivity index (χ3v) is 4.89. The van der Waals surface area contributed by atoms with E-state index in [2.05, 4.69) is 14.9 Å². The smallest absolute Gasteiger partial charge is 0.281 e. The molecule has 0 fully saturated rings. The molecule has 0 amide bonds. The van der Waals surface area contributed by atoms with Crippen LogP contribution in [0.2, 0.25) is 0 Å². The van der Waals surface area contributed by atoms with Gasteiger partial charge in [-0.05, 0) is 37.4 Å². The number of aliphatic hydroxyl groups is 1. The van der Waals surface area contributed by atoms with E-state index in [1.165, 1.54) is 0 Å². The summed E-state index contributed by atoms with van der Waals surface area (Å²) in [4.78, 5) is 1.04. The number of nitrogens with one attached hydrogen (secondary N) is 2. The number of thioether (sulfide) groups is 1. The third-order valence-electron chi connectivity index (χ3n) is 2.79. The number of aryl methyl sites for hydroxylation is 1. The van der Waals surface area contributed by atoms with Gasteiger partial charge < -0.3 is 5.11 Å². The summed E-state index contributed by atoms with van der Waals surface area (Å²) < 4.78 is 26.9. The van der Waals surface area contributed by atoms with E-state index >= 15 is 0 Å². The van der Waals surface area contributed by atoms with E-state index in [1.54, 1.807) is 30.8 Å². The van der Waals surface area contributed by atoms with Crippen molar-refractivity contribution in [3.05, 3.63) is 35.5 Å². The number of nitrogens with zero attached hydrogens (tertiary/aromatic N) is 1. The summed E-state index contributed by atoms with van der Waals surface area (Å²) in [5, 5.41) is 15.4. The maximum atomic E-state index is 12.2. The number of sulfonamides is 1. The molecule has 108 valence electrons. The van der Waals surface area contributed by atoms with Gasteiger partial charge in [-0.1, -0.05) is 0 Å². The van der Waals surface area contributed by atoms with Gasteiger partial charge in [0.15, 0.2) is 0 Å². The van der Waals surface area contributed by atoms with Crippen LogP contribution in [0.5, 0.6) is 0 Å². The first kappa shape index (κ1) is 14.9. The summed E-state index contributed by atoms with van der Waals surface area (Å²) in [6, 6.07) is 7.01. The number of aromatic amines is 1. The standard InChI is InChI=1S/C12H15N3O3S2/c1-8-11(7-16)12(14-13-8)20(17,18)15-9-3-5-10(19-2)6-4-9/h3-6,15-16H,7H2,1-2H3,(H,13,14). The molecule has 1 aromatic heterocycles. The minimum absolute atomic E-state index is 0.175. The molecule has 2 rings (SSSR count). The molecule has 0 atom stereocenters. The lowest BCUT2D eigenvalue weighted by molar-refractivity contribution is 0.277. The van der Waals surface area contributed by atoms with Crippen LogP contribution in [-0.4, -0.2) is 30.0 Å². The fourth-order valence-electron chi connectivity index (χ4n) is 1.70. The number of hydrogen-bond acceptors (Lipinski definition) is 5. The summed E-state index contributed by atoms with van der Waals surface area (Å²) in [5.41, 5.74) is 1.26. The van der Waals surface area contributed by atoms with Crippen molar-refractivity contribution in [2.45, 2.75) is 23.5 Å². The zero-order chi connectivity index (χ0) is 14.8. The van der Waals surface area contributed by atoms with Crippen LogP contribution in [0.3, 0.4) is 0 Å². The van der Waals surface area contributed by atoms with E-state index in [1.807, 2.05) is 18.4 Å². The van der Waals surface area contributed by atoms with Crippen LogP contribution in [0.4, 0.5) is 5.69 Å². The Morgan fingerprint density at radius 2 is 2.00 bits per heavy atom. The molecule has 0 aliphatic heterocycles. The summed E-state index contributed by atoms with van der Waals surface area (Å²) in [6.45, 7) is 1.27. The van der Waals surface area contributed by atoms with Crippen LogP contribution in [0.25, 0.3) is 0 Å². The van der Waals surface area contributed by atoms with Gasteiger partial charge in [0, 0.05) is 21.8 Å². The number of hydrogen-bond donors (Lipinski definition) is 3. The first-order chi connectivity index (χ1) is 9.47. The molecule has 6 nitrogen and oxygen atoms in total. The third kappa shape index (κ3) is 2.97. The lowest BCUT2D eigenvalue weighted by atomic mass is 10.3. The number of H-pyrrole nitrogens is 1. The van der Waals surface area contributed by atoms with Crippen LogP contribution in [-0.2, 0) is 16.6 Å². The van der Waals surface area contributed by atoms with E-state index < -0.39 is 10.0 Å². The molecule has 0 bridgehead atoms. The lowest BCUT2D eigenvalue weighted by Gasteiger charge is -2.07. The van der Waals surface area contributed by atoms with E-state index in [-0.39, 0.29) is 17.2 Å². The second-order valence-electron chi connectivity index (χ2n) is 4.12. The molecule has 2 aromatic rings. The normalized spacial score (nSPS) is 11.6. The molecule has 3 N–H and O–H groups in total. The Morgan fingerprint density at radius 1 is 1.35 bits per heavy atom. The van der Waals surface area contributed by atoms with E-state index in [0.717, 1.165) is 4.90 Å². The molecule has 0 saturated heterocycles. The zero-order valence-corrected chi connectivity index (χ0v) is 12.7. The molecule has 0 unspecified atom stereocenters. The average molecular weight is 313 g/mol. The highest BCUT2D eigenvalue weighted by Crippen LogP contribution is 2.22. The number of benzene rings is 1. The highest BCUT2D eigenvalue weighted by molar-refractivity contribution is 7.98. The van der Waals surface area contributed by atoms with E-state index in [9.17, 15) is 13.5 Å². The summed E-state index contributed by atoms with van der Waals surface area (Å²) in [6.07, 6.45) is 1.94. The van der Waals surface area contributed by atoms with Gasteiger partial charge in [0.1, 0.15) is 0 Å². The molecule has 20 heavy (non-hydrogen) atoms. The second kappa shape index (κ2) is 5.86. The highest BCUT2D eigenvalue weighted by atomic mass is 32.2. The van der Waals surface area contributed by atoms with Gasteiger partial charge in [-0.25, -0.2) is 0 Å². The molecular weight excluding hydrogens is 298 g/mol. The van der Waals surface area contributed by atoms with Crippen molar-refractivity contribution in [3.63, 3.8) is 0 Å². The van der Waals surface area contributed by atoms with Gasteiger partial charge in [0.2, 0.25) is 5.03 Å². The number of aromatic nitrogens is 2. The van der Waals surface area contributed by atoms with Crippen molar-refractivity contribution in [3.8, 4) is 0 Å². The minimum atomic E-state index is -3.81. The molecular formula is C12H15N3O3S2. The second-order valence-corrected chi connectivity index (χ2v) is 6.60. The summed E-state index contributed by atoms with van der Waals surface area (Å²) >= 11 is 1.57. The molecule has 1 aromatic carbocycles. The zero-order valence-electron chi connectivity index (χ0n) is 11.0. The van der Waals surface area contributed by atoms with Crippen molar-refractivity contribution in [1.82, 2.24) is 10.2 Å². The predicted molar refractivity (Wildman–Crippen MR) is 78.3 cm³/mol. The molecule has 0 spiro atoms. The lowest BCUT2D eigenvalue weighted by Crippen LogP contribution is -2.15. The Kier molecular flexibility index (Phi) is 4.36. The van der Waals surface area contributed by atoms with Gasteiger partial charge in [-0.15, -0.1) is 11.8 Å². The van der Waals surface area contributed by atoms with Gasteiger partial charge >= 0.3 is 0 Å². The predicted octanol–water partition coefficient (Wildman–Crippen LogP) is 1.73. The number of anilines is 1. The molecule has 1 heterocycles. The van der Waals surface area contributed by atoms with Crippen LogP contribution >= 0.6 is 11.8 Å². The molecule has 0 aliphatic rings. The highest BCUT2D eigenvalue weighted by Gasteiger charge is 2.23. The largest absolute Gasteiger partial charge is 0.392 e. The first-order valence-electron chi connectivity index (χ1n) is 5.79. The van der Waals surface area contributed by atoms with Gasteiger partial charge in [-0.3, -0.25) is 9.82 Å². The van der Waals surface area contributed by atoms with Crippen molar-refractivity contribution in [1.29, 1.82) is 0 Å². The van der Waals surface area contributed by atoms with Gasteiger partial charge in [0.05, 0.1) is 6.61 Å². The topological polar surface area (TPSA) is 95.1 Å². The Bertz CT molecular complexity index is 693. The van der Waals surface area contributed by atoms with Crippen molar-refractivity contribution >= 4 is 27.5 Å². The summed E-state index contributed by atoms with van der Waals surface area (Å²) in [5.74, 6) is 0. The Balaban J connectivity index is 2.30. The fourth-order valence-corrected chi connectivity index (χ4v) is 3.36. The van der Waals surface area contributed by atoms with Crippen molar-refractivity contribution in [2.24, 2.45) is 0 Å². The van der Waals surface area contributed by atoms with Crippen molar-refractivity contribution < 1.29 is 13.5 Å². The first-order valence-corrected chi connectivity index (χ1v) is 8.50. The van der Waals surface area contributed by atoms with Gasteiger partial charge in [0.25, 0.3) is 10.0 Å². The molecule has 8 heteroatoms. The van der Waals surface area contributed by atoms with Crippen molar-refractivity contribution in [2.75, 3.05) is 11.0 Å². The number of rotatable bonds is 5. The Morgan fingerprint density at radius 3 is 2.55 bits per heavy atom. The molecule has 0 radical (unpaired) electrons. The summed E-state index contributed by atoms with van der Waals surface area (Å²) in [7, 11) is -3.81.